The lowest BCUT2D eigenvalue weighted by Gasteiger charge is -2.14. The fraction of sp³-hybridized carbons (Fsp3) is 0.462. The third-order valence-corrected chi connectivity index (χ3v) is 2.73. The van der Waals surface area contributed by atoms with Crippen molar-refractivity contribution in [1.29, 1.82) is 0 Å². The Morgan fingerprint density at radius 3 is 2.71 bits per heavy atom. The number of anilines is 1. The predicted octanol–water partition coefficient (Wildman–Crippen LogP) is 0.716. The van der Waals surface area contributed by atoms with Gasteiger partial charge in [-0.3, -0.25) is 14.9 Å². The molecule has 21 heavy (non-hydrogen) atoms. The molecule has 0 heterocycles. The summed E-state index contributed by atoms with van der Waals surface area (Å²) in [5, 5.41) is 23.4. The summed E-state index contributed by atoms with van der Waals surface area (Å²) in [4.78, 5) is 23.7. The van der Waals surface area contributed by atoms with E-state index < -0.39 is 11.0 Å². The largest absolute Gasteiger partial charge is 0.389 e. The van der Waals surface area contributed by atoms with Gasteiger partial charge in [-0.05, 0) is 12.1 Å². The molecule has 0 aliphatic heterocycles. The van der Waals surface area contributed by atoms with Crippen molar-refractivity contribution in [1.82, 2.24) is 4.90 Å². The zero-order valence-corrected chi connectivity index (χ0v) is 12.2. The van der Waals surface area contributed by atoms with Crippen LogP contribution in [0.15, 0.2) is 18.2 Å². The monoisotopic (exact) mass is 297 g/mol. The van der Waals surface area contributed by atoms with E-state index in [4.69, 9.17) is 4.74 Å². The lowest BCUT2D eigenvalue weighted by atomic mass is 10.1. The summed E-state index contributed by atoms with van der Waals surface area (Å²) < 4.78 is 4.77. The van der Waals surface area contributed by atoms with Gasteiger partial charge in [0.15, 0.2) is 0 Å². The number of hydrogen-bond donors (Lipinski definition) is 2. The van der Waals surface area contributed by atoms with Crippen molar-refractivity contribution in [2.75, 3.05) is 39.7 Å². The first-order valence-corrected chi connectivity index (χ1v) is 6.27. The van der Waals surface area contributed by atoms with Gasteiger partial charge in [-0.2, -0.15) is 0 Å². The molecular weight excluding hydrogens is 278 g/mol. The second-order valence-electron chi connectivity index (χ2n) is 4.68. The average molecular weight is 297 g/mol. The first kappa shape index (κ1) is 16.9. The van der Waals surface area contributed by atoms with Crippen LogP contribution in [0.2, 0.25) is 0 Å². The number of rotatable bonds is 7. The third-order valence-electron chi connectivity index (χ3n) is 2.73. The van der Waals surface area contributed by atoms with E-state index in [1.54, 1.807) is 14.1 Å². The summed E-state index contributed by atoms with van der Waals surface area (Å²) in [6, 6.07) is 4.17. The van der Waals surface area contributed by atoms with Crippen LogP contribution in [0.1, 0.15) is 10.4 Å². The van der Waals surface area contributed by atoms with Crippen LogP contribution >= 0.6 is 0 Å². The molecule has 1 rings (SSSR count). The van der Waals surface area contributed by atoms with Crippen LogP contribution in [-0.2, 0) is 4.74 Å². The van der Waals surface area contributed by atoms with E-state index in [0.29, 0.717) is 0 Å². The van der Waals surface area contributed by atoms with Gasteiger partial charge in [-0.25, -0.2) is 0 Å². The Labute approximate surface area is 122 Å². The van der Waals surface area contributed by atoms with Gasteiger partial charge in [-0.15, -0.1) is 0 Å². The predicted molar refractivity (Wildman–Crippen MR) is 77.5 cm³/mol. The van der Waals surface area contributed by atoms with Crippen molar-refractivity contribution in [3.63, 3.8) is 0 Å². The molecule has 1 aromatic rings. The lowest BCUT2D eigenvalue weighted by Crippen LogP contribution is -2.25. The van der Waals surface area contributed by atoms with Gasteiger partial charge in [-0.1, -0.05) is 0 Å². The first-order chi connectivity index (χ1) is 9.86. The first-order valence-electron chi connectivity index (χ1n) is 6.27. The Balaban J connectivity index is 2.95. The molecule has 0 aliphatic rings. The zero-order valence-electron chi connectivity index (χ0n) is 12.2. The number of nitrogens with one attached hydrogen (secondary N) is 1. The van der Waals surface area contributed by atoms with Crippen molar-refractivity contribution in [3.8, 4) is 0 Å². The number of methoxy groups -OCH3 is 1. The minimum absolute atomic E-state index is 0.107. The highest BCUT2D eigenvalue weighted by atomic mass is 16.6. The highest BCUT2D eigenvalue weighted by Crippen LogP contribution is 2.26. The molecule has 116 valence electrons. The molecule has 0 aliphatic carbocycles. The van der Waals surface area contributed by atoms with Crippen molar-refractivity contribution in [3.05, 3.63) is 33.9 Å². The average Bonchev–Trinajstić information content (AvgIpc) is 2.44. The number of aliphatic hydroxyl groups excluding tert-OH is 1. The van der Waals surface area contributed by atoms with Crippen LogP contribution in [0.3, 0.4) is 0 Å². The van der Waals surface area contributed by atoms with Crippen LogP contribution in [0.25, 0.3) is 0 Å². The minimum Gasteiger partial charge on any atom is -0.389 e. The van der Waals surface area contributed by atoms with Crippen LogP contribution in [0.5, 0.6) is 0 Å². The number of nitrogens with zero attached hydrogens (tertiary/aromatic N) is 2. The molecule has 1 aromatic carbocycles. The topological polar surface area (TPSA) is 105 Å². The van der Waals surface area contributed by atoms with E-state index >= 15 is 0 Å². The lowest BCUT2D eigenvalue weighted by molar-refractivity contribution is -0.384. The summed E-state index contributed by atoms with van der Waals surface area (Å²) in [5.41, 5.74) is 0.257. The number of carbonyl (C=O) groups is 1. The zero-order chi connectivity index (χ0) is 16.0. The second kappa shape index (κ2) is 7.55. The molecule has 0 fully saturated rings. The van der Waals surface area contributed by atoms with Crippen molar-refractivity contribution in [2.45, 2.75) is 6.10 Å². The van der Waals surface area contributed by atoms with Crippen LogP contribution in [-0.4, -0.2) is 61.3 Å². The Morgan fingerprint density at radius 2 is 2.19 bits per heavy atom. The fourth-order valence-corrected chi connectivity index (χ4v) is 1.70. The maximum atomic E-state index is 11.8. The van der Waals surface area contributed by atoms with Crippen LogP contribution in [0.4, 0.5) is 11.4 Å². The second-order valence-corrected chi connectivity index (χ2v) is 4.68. The summed E-state index contributed by atoms with van der Waals surface area (Å²) in [6.45, 7) is 0.230. The smallest absolute Gasteiger partial charge is 0.293 e. The van der Waals surface area contributed by atoms with E-state index in [1.165, 1.54) is 30.2 Å². The molecule has 0 saturated heterocycles. The molecule has 2 N–H and O–H groups in total. The van der Waals surface area contributed by atoms with E-state index in [0.717, 1.165) is 0 Å². The minimum atomic E-state index is -0.780. The van der Waals surface area contributed by atoms with Gasteiger partial charge < -0.3 is 20.1 Å². The molecule has 0 aromatic heterocycles. The van der Waals surface area contributed by atoms with E-state index in [1.807, 2.05) is 0 Å². The Hall–Kier alpha value is -2.19. The molecule has 1 atom stereocenters. The molecule has 1 unspecified atom stereocenters. The molecule has 0 bridgehead atoms. The van der Waals surface area contributed by atoms with Crippen LogP contribution in [0, 0.1) is 10.1 Å². The number of nitro groups is 1. The van der Waals surface area contributed by atoms with Crippen molar-refractivity contribution < 1.29 is 19.6 Å². The van der Waals surface area contributed by atoms with Gasteiger partial charge in [0.25, 0.3) is 11.6 Å². The maximum Gasteiger partial charge on any atom is 0.293 e. The third kappa shape index (κ3) is 4.69. The highest BCUT2D eigenvalue weighted by molar-refractivity contribution is 5.95. The van der Waals surface area contributed by atoms with Gasteiger partial charge in [0.05, 0.1) is 17.6 Å². The summed E-state index contributed by atoms with van der Waals surface area (Å²) in [7, 11) is 4.59. The highest BCUT2D eigenvalue weighted by Gasteiger charge is 2.19. The van der Waals surface area contributed by atoms with Crippen molar-refractivity contribution in [2.24, 2.45) is 0 Å². The Kier molecular flexibility index (Phi) is 6.07. The number of aliphatic hydroxyl groups is 1. The van der Waals surface area contributed by atoms with Gasteiger partial charge in [0.1, 0.15) is 5.69 Å². The Bertz CT molecular complexity index is 519. The van der Waals surface area contributed by atoms with E-state index in [9.17, 15) is 20.0 Å². The van der Waals surface area contributed by atoms with Gasteiger partial charge in [0.2, 0.25) is 0 Å². The number of nitro benzene ring substituents is 1. The molecule has 0 radical (unpaired) electrons. The summed E-state index contributed by atoms with van der Waals surface area (Å²) in [5.74, 6) is -0.316. The number of hydrogen-bond acceptors (Lipinski definition) is 6. The van der Waals surface area contributed by atoms with Crippen LogP contribution < -0.4 is 5.32 Å². The molecule has 8 heteroatoms. The summed E-state index contributed by atoms with van der Waals surface area (Å²) >= 11 is 0. The normalized spacial score (nSPS) is 11.8. The van der Waals surface area contributed by atoms with Gasteiger partial charge >= 0.3 is 0 Å². The molecule has 8 nitrogen and oxygen atoms in total. The molecular formula is C13H19N3O5. The maximum absolute atomic E-state index is 11.8. The molecule has 0 saturated carbocycles. The molecule has 1 amide bonds. The van der Waals surface area contributed by atoms with Crippen molar-refractivity contribution >= 4 is 17.3 Å². The number of benzene rings is 1. The summed E-state index contributed by atoms with van der Waals surface area (Å²) in [6.07, 6.45) is -0.780. The SMILES string of the molecule is COCC(O)CNc1ccc(C(=O)N(C)C)cc1[N+](=O)[O-]. The fourth-order valence-electron chi connectivity index (χ4n) is 1.70. The van der Waals surface area contributed by atoms with Gasteiger partial charge in [0, 0.05) is 39.4 Å². The van der Waals surface area contributed by atoms with E-state index in [-0.39, 0.29) is 36.0 Å². The Morgan fingerprint density at radius 1 is 1.52 bits per heavy atom. The van der Waals surface area contributed by atoms with E-state index in [2.05, 4.69) is 5.32 Å². The molecule has 0 spiro atoms. The standard InChI is InChI=1S/C13H19N3O5/c1-15(2)13(18)9-4-5-11(12(6-9)16(19)20)14-7-10(17)8-21-3/h4-6,10,14,17H,7-8H2,1-3H3. The number of amides is 1. The number of ether oxygens (including phenoxy) is 1. The quantitative estimate of drug-likeness (QED) is 0.567. The number of carbonyl (C=O) groups excluding carboxylic acids is 1.